The number of benzene rings is 1. The SMILES string of the molecule is Cl.O=C(OCc1ccccc1)N1CCc2[nH]c3ncnc(Cl)c3c2C1. The van der Waals surface area contributed by atoms with Gasteiger partial charge in [-0.05, 0) is 5.56 Å². The number of rotatable bonds is 2. The van der Waals surface area contributed by atoms with Gasteiger partial charge in [-0.25, -0.2) is 14.8 Å². The highest BCUT2D eigenvalue weighted by Crippen LogP contribution is 2.30. The lowest BCUT2D eigenvalue weighted by atomic mass is 10.1. The number of hydrogen-bond donors (Lipinski definition) is 1. The van der Waals surface area contributed by atoms with Crippen LogP contribution in [-0.4, -0.2) is 32.5 Å². The predicted octanol–water partition coefficient (Wildman–Crippen LogP) is 3.73. The molecule has 130 valence electrons. The molecular formula is C17H16Cl2N4O2. The number of carbonyl (C=O) groups excluding carboxylic acids is 1. The highest BCUT2D eigenvalue weighted by atomic mass is 35.5. The van der Waals surface area contributed by atoms with Gasteiger partial charge in [0.1, 0.15) is 23.7 Å². The Morgan fingerprint density at radius 1 is 1.28 bits per heavy atom. The molecule has 2 aromatic heterocycles. The Morgan fingerprint density at radius 3 is 2.88 bits per heavy atom. The second-order valence-electron chi connectivity index (χ2n) is 5.68. The Labute approximate surface area is 155 Å². The van der Waals surface area contributed by atoms with Crippen LogP contribution in [0.15, 0.2) is 36.7 Å². The van der Waals surface area contributed by atoms with E-state index in [9.17, 15) is 4.79 Å². The van der Waals surface area contributed by atoms with Gasteiger partial charge < -0.3 is 14.6 Å². The van der Waals surface area contributed by atoms with Crippen molar-refractivity contribution in [2.75, 3.05) is 6.54 Å². The monoisotopic (exact) mass is 378 g/mol. The van der Waals surface area contributed by atoms with Crippen LogP contribution in [-0.2, 0) is 24.3 Å². The highest BCUT2D eigenvalue weighted by molar-refractivity contribution is 6.34. The summed E-state index contributed by atoms with van der Waals surface area (Å²) >= 11 is 6.20. The highest BCUT2D eigenvalue weighted by Gasteiger charge is 2.26. The maximum absolute atomic E-state index is 12.4. The predicted molar refractivity (Wildman–Crippen MR) is 96.9 cm³/mol. The normalized spacial score (nSPS) is 13.2. The molecule has 6 nitrogen and oxygen atoms in total. The maximum atomic E-state index is 12.4. The van der Waals surface area contributed by atoms with Crippen molar-refractivity contribution < 1.29 is 9.53 Å². The van der Waals surface area contributed by atoms with Crippen LogP contribution in [0.4, 0.5) is 4.79 Å². The summed E-state index contributed by atoms with van der Waals surface area (Å²) in [5.74, 6) is 0. The van der Waals surface area contributed by atoms with E-state index in [-0.39, 0.29) is 25.1 Å². The van der Waals surface area contributed by atoms with Crippen LogP contribution in [0.25, 0.3) is 11.0 Å². The van der Waals surface area contributed by atoms with Crippen molar-refractivity contribution in [1.29, 1.82) is 0 Å². The van der Waals surface area contributed by atoms with Gasteiger partial charge in [-0.1, -0.05) is 41.9 Å². The molecule has 0 saturated carbocycles. The molecule has 4 rings (SSSR count). The fourth-order valence-corrected chi connectivity index (χ4v) is 3.21. The van der Waals surface area contributed by atoms with Gasteiger partial charge in [0.15, 0.2) is 0 Å². The lowest BCUT2D eigenvalue weighted by molar-refractivity contribution is 0.0919. The molecule has 0 atom stereocenters. The number of hydrogen-bond acceptors (Lipinski definition) is 4. The molecule has 1 aliphatic rings. The number of H-pyrrole nitrogens is 1. The average Bonchev–Trinajstić information content (AvgIpc) is 2.99. The number of aromatic amines is 1. The maximum Gasteiger partial charge on any atom is 0.410 e. The minimum Gasteiger partial charge on any atom is -0.445 e. The Kier molecular flexibility index (Phi) is 5.11. The standard InChI is InChI=1S/C17H15ClN4O2.ClH/c18-15-14-12-8-22(7-6-13(12)21-16(14)20-10-19-15)17(23)24-9-11-4-2-1-3-5-11;/h1-5,10H,6-9H2,(H,19,20,21);1H. The van der Waals surface area contributed by atoms with Crippen molar-refractivity contribution in [1.82, 2.24) is 19.9 Å². The fourth-order valence-electron chi connectivity index (χ4n) is 2.97. The molecule has 1 N–H and O–H groups in total. The number of nitrogens with one attached hydrogen (secondary N) is 1. The molecule has 1 aromatic carbocycles. The Balaban J connectivity index is 0.00000182. The number of amides is 1. The summed E-state index contributed by atoms with van der Waals surface area (Å²) in [6.07, 6.45) is 1.81. The summed E-state index contributed by atoms with van der Waals surface area (Å²) in [6.45, 7) is 1.30. The Hall–Kier alpha value is -2.31. The zero-order valence-corrected chi connectivity index (χ0v) is 14.8. The van der Waals surface area contributed by atoms with E-state index in [1.165, 1.54) is 6.33 Å². The molecule has 0 bridgehead atoms. The van der Waals surface area contributed by atoms with Crippen molar-refractivity contribution in [3.05, 3.63) is 58.6 Å². The summed E-state index contributed by atoms with van der Waals surface area (Å²) < 4.78 is 5.41. The van der Waals surface area contributed by atoms with E-state index in [2.05, 4.69) is 15.0 Å². The lowest BCUT2D eigenvalue weighted by Crippen LogP contribution is -2.36. The minimum absolute atomic E-state index is 0. The van der Waals surface area contributed by atoms with Crippen LogP contribution < -0.4 is 0 Å². The summed E-state index contributed by atoms with van der Waals surface area (Å²) in [5, 5.41) is 1.19. The molecule has 0 radical (unpaired) electrons. The molecule has 3 aromatic rings. The van der Waals surface area contributed by atoms with Crippen molar-refractivity contribution in [2.45, 2.75) is 19.6 Å². The van der Waals surface area contributed by atoms with Gasteiger partial charge in [-0.2, -0.15) is 0 Å². The third-order valence-corrected chi connectivity index (χ3v) is 4.47. The molecule has 8 heteroatoms. The second-order valence-corrected chi connectivity index (χ2v) is 6.04. The smallest absolute Gasteiger partial charge is 0.410 e. The van der Waals surface area contributed by atoms with E-state index >= 15 is 0 Å². The number of ether oxygens (including phenoxy) is 1. The van der Waals surface area contributed by atoms with E-state index in [1.54, 1.807) is 4.90 Å². The van der Waals surface area contributed by atoms with Crippen molar-refractivity contribution >= 4 is 41.1 Å². The van der Waals surface area contributed by atoms with Gasteiger partial charge in [0.05, 0.1) is 11.9 Å². The number of nitrogens with zero attached hydrogens (tertiary/aromatic N) is 3. The Morgan fingerprint density at radius 2 is 2.08 bits per heavy atom. The lowest BCUT2D eigenvalue weighted by Gasteiger charge is -2.26. The van der Waals surface area contributed by atoms with Crippen LogP contribution >= 0.6 is 24.0 Å². The zero-order valence-electron chi connectivity index (χ0n) is 13.2. The molecule has 25 heavy (non-hydrogen) atoms. The summed E-state index contributed by atoms with van der Waals surface area (Å²) in [5.41, 5.74) is 3.70. The van der Waals surface area contributed by atoms with E-state index in [1.807, 2.05) is 30.3 Å². The molecule has 0 aliphatic carbocycles. The van der Waals surface area contributed by atoms with Gasteiger partial charge in [-0.3, -0.25) is 0 Å². The van der Waals surface area contributed by atoms with Gasteiger partial charge >= 0.3 is 6.09 Å². The Bertz CT molecular complexity index is 898. The van der Waals surface area contributed by atoms with E-state index in [4.69, 9.17) is 16.3 Å². The first-order chi connectivity index (χ1) is 11.7. The summed E-state index contributed by atoms with van der Waals surface area (Å²) in [6, 6.07) is 9.63. The quantitative estimate of drug-likeness (QED) is 0.689. The molecule has 0 fully saturated rings. The van der Waals surface area contributed by atoms with E-state index in [0.717, 1.165) is 22.2 Å². The van der Waals surface area contributed by atoms with Crippen molar-refractivity contribution in [3.8, 4) is 0 Å². The van der Waals surface area contributed by atoms with Crippen LogP contribution in [0.2, 0.25) is 5.15 Å². The molecule has 0 unspecified atom stereocenters. The van der Waals surface area contributed by atoms with Crippen LogP contribution in [0.3, 0.4) is 0 Å². The topological polar surface area (TPSA) is 71.1 Å². The van der Waals surface area contributed by atoms with E-state index < -0.39 is 0 Å². The van der Waals surface area contributed by atoms with Gasteiger partial charge in [0.2, 0.25) is 0 Å². The van der Waals surface area contributed by atoms with Crippen molar-refractivity contribution in [2.24, 2.45) is 0 Å². The molecular weight excluding hydrogens is 363 g/mol. The first kappa shape index (κ1) is 17.5. The number of fused-ring (bicyclic) bond motifs is 3. The molecule has 1 amide bonds. The zero-order chi connectivity index (χ0) is 16.5. The largest absolute Gasteiger partial charge is 0.445 e. The first-order valence-electron chi connectivity index (χ1n) is 7.68. The first-order valence-corrected chi connectivity index (χ1v) is 8.05. The van der Waals surface area contributed by atoms with Gasteiger partial charge in [0.25, 0.3) is 0 Å². The molecule has 0 saturated heterocycles. The molecule has 1 aliphatic heterocycles. The summed E-state index contributed by atoms with van der Waals surface area (Å²) in [4.78, 5) is 25.5. The van der Waals surface area contributed by atoms with Crippen LogP contribution in [0.5, 0.6) is 0 Å². The van der Waals surface area contributed by atoms with Crippen molar-refractivity contribution in [3.63, 3.8) is 0 Å². The molecule has 0 spiro atoms. The van der Waals surface area contributed by atoms with Gasteiger partial charge in [0, 0.05) is 24.2 Å². The van der Waals surface area contributed by atoms with Crippen LogP contribution in [0.1, 0.15) is 16.8 Å². The third kappa shape index (κ3) is 3.41. The minimum atomic E-state index is -0.327. The van der Waals surface area contributed by atoms with E-state index in [0.29, 0.717) is 30.3 Å². The third-order valence-electron chi connectivity index (χ3n) is 4.18. The van der Waals surface area contributed by atoms with Crippen LogP contribution in [0, 0.1) is 0 Å². The summed E-state index contributed by atoms with van der Waals surface area (Å²) in [7, 11) is 0. The van der Waals surface area contributed by atoms with Gasteiger partial charge in [-0.15, -0.1) is 12.4 Å². The molecule has 3 heterocycles. The average molecular weight is 379 g/mol. The fraction of sp³-hybridized carbons (Fsp3) is 0.235. The number of halogens is 2. The number of carbonyl (C=O) groups is 1. The second kappa shape index (κ2) is 7.29. The number of aromatic nitrogens is 3.